The first kappa shape index (κ1) is 23.9. The van der Waals surface area contributed by atoms with E-state index in [1.54, 1.807) is 6.07 Å². The van der Waals surface area contributed by atoms with Gasteiger partial charge in [-0.15, -0.1) is 0 Å². The first-order chi connectivity index (χ1) is 15.7. The number of anilines is 1. The Labute approximate surface area is 193 Å². The standard InChI is InChI=1S/C25H30N6O2/c1-14(2)29-23-20(12-27)19(10-22(31-23)18-8-6-5-7-17(18)11-26)24(32)28-13-21-15(3)9-16(4)30-25(21)33/h5-10,12,14,27H,11,13,26H2,1-4H3,(H,28,32)(H,29,31)(H,30,33). The van der Waals surface area contributed by atoms with Crippen molar-refractivity contribution in [2.24, 2.45) is 5.73 Å². The zero-order chi connectivity index (χ0) is 24.1. The lowest BCUT2D eigenvalue weighted by Gasteiger charge is -2.18. The SMILES string of the molecule is Cc1cc(C)c(CNC(=O)c2cc(-c3ccccc3CN)nc(NC(C)C)c2C=N)c(=O)[nH]1. The number of nitrogens with one attached hydrogen (secondary N) is 4. The Morgan fingerprint density at radius 3 is 2.61 bits per heavy atom. The highest BCUT2D eigenvalue weighted by Gasteiger charge is 2.20. The number of aryl methyl sites for hydroxylation is 2. The van der Waals surface area contributed by atoms with Crippen molar-refractivity contribution in [1.82, 2.24) is 15.3 Å². The van der Waals surface area contributed by atoms with Crippen LogP contribution in [0.3, 0.4) is 0 Å². The van der Waals surface area contributed by atoms with Crippen LogP contribution in [-0.4, -0.2) is 28.1 Å². The van der Waals surface area contributed by atoms with E-state index in [0.29, 0.717) is 34.7 Å². The second-order valence-corrected chi connectivity index (χ2v) is 8.25. The van der Waals surface area contributed by atoms with Gasteiger partial charge in [0, 0.05) is 47.7 Å². The summed E-state index contributed by atoms with van der Waals surface area (Å²) in [6, 6.07) is 11.2. The maximum atomic E-state index is 13.3. The topological polar surface area (TPSA) is 137 Å². The van der Waals surface area contributed by atoms with Crippen LogP contribution in [-0.2, 0) is 13.1 Å². The minimum absolute atomic E-state index is 0.0425. The number of carbonyl (C=O) groups excluding carboxylic acids is 1. The van der Waals surface area contributed by atoms with E-state index < -0.39 is 5.91 Å². The molecule has 0 saturated carbocycles. The molecule has 2 aromatic heterocycles. The average Bonchev–Trinajstić information content (AvgIpc) is 2.77. The van der Waals surface area contributed by atoms with Gasteiger partial charge in [0.1, 0.15) is 5.82 Å². The number of aromatic nitrogens is 2. The van der Waals surface area contributed by atoms with Crippen molar-refractivity contribution in [2.75, 3.05) is 5.32 Å². The summed E-state index contributed by atoms with van der Waals surface area (Å²) in [7, 11) is 0. The van der Waals surface area contributed by atoms with E-state index in [1.807, 2.05) is 58.0 Å². The minimum Gasteiger partial charge on any atom is -0.367 e. The van der Waals surface area contributed by atoms with Gasteiger partial charge in [0.2, 0.25) is 0 Å². The van der Waals surface area contributed by atoms with Gasteiger partial charge in [0.05, 0.1) is 11.3 Å². The van der Waals surface area contributed by atoms with Crippen molar-refractivity contribution in [2.45, 2.75) is 46.8 Å². The number of aromatic amines is 1. The molecule has 1 aromatic carbocycles. The number of amides is 1. The van der Waals surface area contributed by atoms with E-state index in [9.17, 15) is 9.59 Å². The molecule has 0 atom stereocenters. The molecule has 8 heteroatoms. The number of hydrogen-bond donors (Lipinski definition) is 5. The Bertz CT molecular complexity index is 1250. The minimum atomic E-state index is -0.395. The van der Waals surface area contributed by atoms with Crippen LogP contribution < -0.4 is 21.9 Å². The fourth-order valence-electron chi connectivity index (χ4n) is 3.72. The summed E-state index contributed by atoms with van der Waals surface area (Å²) in [6.45, 7) is 7.97. The van der Waals surface area contributed by atoms with Gasteiger partial charge in [-0.3, -0.25) is 9.59 Å². The van der Waals surface area contributed by atoms with Gasteiger partial charge >= 0.3 is 0 Å². The normalized spacial score (nSPS) is 10.8. The Kier molecular flexibility index (Phi) is 7.40. The lowest BCUT2D eigenvalue weighted by atomic mass is 10.00. The number of pyridine rings is 2. The number of nitrogens with zero attached hydrogens (tertiary/aromatic N) is 1. The molecule has 2 heterocycles. The van der Waals surface area contributed by atoms with Crippen molar-refractivity contribution in [1.29, 1.82) is 5.41 Å². The van der Waals surface area contributed by atoms with Crippen LogP contribution in [0.4, 0.5) is 5.82 Å². The molecule has 6 N–H and O–H groups in total. The highest BCUT2D eigenvalue weighted by molar-refractivity contribution is 6.05. The molecule has 0 spiro atoms. The maximum Gasteiger partial charge on any atom is 0.253 e. The van der Waals surface area contributed by atoms with Crippen LogP contribution in [0, 0.1) is 19.3 Å². The molecule has 0 aliphatic carbocycles. The summed E-state index contributed by atoms with van der Waals surface area (Å²) >= 11 is 0. The third kappa shape index (κ3) is 5.35. The third-order valence-corrected chi connectivity index (χ3v) is 5.31. The molecule has 3 aromatic rings. The van der Waals surface area contributed by atoms with E-state index in [4.69, 9.17) is 16.1 Å². The maximum absolute atomic E-state index is 13.3. The van der Waals surface area contributed by atoms with Gasteiger partial charge in [-0.05, 0) is 51.0 Å². The van der Waals surface area contributed by atoms with Crippen LogP contribution in [0.15, 0.2) is 41.2 Å². The predicted molar refractivity (Wildman–Crippen MR) is 132 cm³/mol. The predicted octanol–water partition coefficient (Wildman–Crippen LogP) is 3.26. The average molecular weight is 447 g/mol. The van der Waals surface area contributed by atoms with Gasteiger partial charge in [-0.2, -0.15) is 0 Å². The largest absolute Gasteiger partial charge is 0.367 e. The smallest absolute Gasteiger partial charge is 0.253 e. The van der Waals surface area contributed by atoms with E-state index in [-0.39, 0.29) is 18.1 Å². The van der Waals surface area contributed by atoms with Crippen LogP contribution in [0.25, 0.3) is 11.3 Å². The van der Waals surface area contributed by atoms with Crippen LogP contribution in [0.2, 0.25) is 0 Å². The number of carbonyl (C=O) groups is 1. The van der Waals surface area contributed by atoms with Crippen LogP contribution in [0.5, 0.6) is 0 Å². The summed E-state index contributed by atoms with van der Waals surface area (Å²) in [5, 5.41) is 14.0. The molecule has 0 bridgehead atoms. The highest BCUT2D eigenvalue weighted by Crippen LogP contribution is 2.28. The van der Waals surface area contributed by atoms with Gasteiger partial charge in [0.15, 0.2) is 0 Å². The number of rotatable bonds is 8. The molecule has 172 valence electrons. The summed E-state index contributed by atoms with van der Waals surface area (Å²) < 4.78 is 0. The Balaban J connectivity index is 2.06. The van der Waals surface area contributed by atoms with Crippen molar-refractivity contribution in [3.63, 3.8) is 0 Å². The monoisotopic (exact) mass is 446 g/mol. The molecular formula is C25H30N6O2. The Morgan fingerprint density at radius 2 is 1.97 bits per heavy atom. The van der Waals surface area contributed by atoms with Gasteiger partial charge < -0.3 is 26.8 Å². The fraction of sp³-hybridized carbons (Fsp3) is 0.280. The number of benzene rings is 1. The summed E-state index contributed by atoms with van der Waals surface area (Å²) in [5.74, 6) is 0.0485. The molecule has 8 nitrogen and oxygen atoms in total. The Hall–Kier alpha value is -3.78. The number of H-pyrrole nitrogens is 1. The van der Waals surface area contributed by atoms with E-state index in [0.717, 1.165) is 28.6 Å². The first-order valence-corrected chi connectivity index (χ1v) is 10.8. The molecule has 0 aliphatic heterocycles. The molecule has 0 unspecified atom stereocenters. The van der Waals surface area contributed by atoms with Crippen LogP contribution >= 0.6 is 0 Å². The zero-order valence-electron chi connectivity index (χ0n) is 19.4. The molecule has 33 heavy (non-hydrogen) atoms. The van der Waals surface area contributed by atoms with Gasteiger partial charge in [-0.25, -0.2) is 4.98 Å². The third-order valence-electron chi connectivity index (χ3n) is 5.31. The molecular weight excluding hydrogens is 416 g/mol. The van der Waals surface area contributed by atoms with E-state index in [2.05, 4.69) is 15.6 Å². The second-order valence-electron chi connectivity index (χ2n) is 8.25. The van der Waals surface area contributed by atoms with Gasteiger partial charge in [0.25, 0.3) is 11.5 Å². The van der Waals surface area contributed by atoms with Crippen LogP contribution in [0.1, 0.15) is 52.2 Å². The van der Waals surface area contributed by atoms with Gasteiger partial charge in [-0.1, -0.05) is 24.3 Å². The van der Waals surface area contributed by atoms with Crippen molar-refractivity contribution in [3.8, 4) is 11.3 Å². The van der Waals surface area contributed by atoms with E-state index >= 15 is 0 Å². The molecule has 0 radical (unpaired) electrons. The zero-order valence-corrected chi connectivity index (χ0v) is 19.4. The molecule has 0 fully saturated rings. The second kappa shape index (κ2) is 10.2. The Morgan fingerprint density at radius 1 is 1.24 bits per heavy atom. The molecule has 0 saturated heterocycles. The lowest BCUT2D eigenvalue weighted by Crippen LogP contribution is -2.29. The summed E-state index contributed by atoms with van der Waals surface area (Å²) in [4.78, 5) is 33.1. The highest BCUT2D eigenvalue weighted by atomic mass is 16.1. The van der Waals surface area contributed by atoms with Crippen molar-refractivity contribution in [3.05, 3.63) is 80.3 Å². The lowest BCUT2D eigenvalue weighted by molar-refractivity contribution is 0.0950. The molecule has 3 rings (SSSR count). The summed E-state index contributed by atoms with van der Waals surface area (Å²) in [5.41, 5.74) is 10.7. The number of hydrogen-bond acceptors (Lipinski definition) is 6. The molecule has 1 amide bonds. The summed E-state index contributed by atoms with van der Waals surface area (Å²) in [6.07, 6.45) is 1.12. The van der Waals surface area contributed by atoms with Crippen molar-refractivity contribution < 1.29 is 4.79 Å². The fourth-order valence-corrected chi connectivity index (χ4v) is 3.72. The number of nitrogens with two attached hydrogens (primary N) is 1. The first-order valence-electron chi connectivity index (χ1n) is 10.8. The quantitative estimate of drug-likeness (QED) is 0.338. The van der Waals surface area contributed by atoms with Crippen molar-refractivity contribution >= 4 is 17.9 Å². The molecule has 0 aliphatic rings. The van der Waals surface area contributed by atoms with E-state index in [1.165, 1.54) is 0 Å².